The van der Waals surface area contributed by atoms with Gasteiger partial charge in [-0.15, -0.1) is 11.8 Å². The first-order valence-corrected chi connectivity index (χ1v) is 11.5. The molecule has 0 bridgehead atoms. The van der Waals surface area contributed by atoms with Gasteiger partial charge in [0.05, 0.1) is 28.0 Å². The van der Waals surface area contributed by atoms with Crippen molar-refractivity contribution in [2.24, 2.45) is 4.99 Å². The number of methoxy groups -OCH3 is 1. The Labute approximate surface area is 186 Å². The van der Waals surface area contributed by atoms with Crippen molar-refractivity contribution in [1.82, 2.24) is 14.7 Å². The molecule has 1 aliphatic rings. The standard InChI is InChI=1S/C16H16N6O6S3/c1-28-12-8-9(13(29)14-17-6-7-30-14)18-15(19-12)20-16(23)21-31(26,27)11-5-3-2-4-10(11)22(24)25/h2-5,8,13,29H,6-7H2,1H3,(H2,18,19,20,21,23). The molecule has 2 aromatic rings. The Hall–Kier alpha value is -2.91. The van der Waals surface area contributed by atoms with Gasteiger partial charge in [0.2, 0.25) is 11.8 Å². The number of urea groups is 1. The Morgan fingerprint density at radius 1 is 1.35 bits per heavy atom. The van der Waals surface area contributed by atoms with Crippen LogP contribution in [0.3, 0.4) is 0 Å². The Kier molecular flexibility index (Phi) is 6.97. The molecule has 0 saturated heterocycles. The van der Waals surface area contributed by atoms with E-state index in [1.807, 2.05) is 0 Å². The molecule has 0 fully saturated rings. The van der Waals surface area contributed by atoms with Crippen LogP contribution < -0.4 is 14.8 Å². The average molecular weight is 485 g/mol. The van der Waals surface area contributed by atoms with E-state index in [9.17, 15) is 23.3 Å². The van der Waals surface area contributed by atoms with Crippen LogP contribution in [0.25, 0.3) is 0 Å². The summed E-state index contributed by atoms with van der Waals surface area (Å²) in [6.07, 6.45) is 0. The zero-order valence-electron chi connectivity index (χ0n) is 15.9. The van der Waals surface area contributed by atoms with Gasteiger partial charge in [0, 0.05) is 24.4 Å². The highest BCUT2D eigenvalue weighted by Gasteiger charge is 2.27. The second-order valence-corrected chi connectivity index (χ2v) is 9.20. The number of sulfonamides is 1. The minimum absolute atomic E-state index is 0.115. The van der Waals surface area contributed by atoms with Gasteiger partial charge < -0.3 is 4.74 Å². The first-order chi connectivity index (χ1) is 14.7. The molecule has 15 heteroatoms. The van der Waals surface area contributed by atoms with Crippen LogP contribution in [0.5, 0.6) is 5.88 Å². The number of thioether (sulfide) groups is 1. The van der Waals surface area contributed by atoms with E-state index in [4.69, 9.17) is 4.74 Å². The number of para-hydroxylation sites is 1. The number of aromatic nitrogens is 2. The third kappa shape index (κ3) is 5.42. The number of nitro groups is 1. The maximum Gasteiger partial charge on any atom is 0.335 e. The summed E-state index contributed by atoms with van der Waals surface area (Å²) in [5, 5.41) is 13.5. The summed E-state index contributed by atoms with van der Waals surface area (Å²) < 4.78 is 31.7. The minimum atomic E-state index is -4.54. The summed E-state index contributed by atoms with van der Waals surface area (Å²) in [6, 6.07) is 4.95. The number of carbonyl (C=O) groups excluding carboxylic acids is 1. The van der Waals surface area contributed by atoms with E-state index in [2.05, 4.69) is 32.9 Å². The van der Waals surface area contributed by atoms with Gasteiger partial charge in [-0.3, -0.25) is 20.4 Å². The van der Waals surface area contributed by atoms with Crippen molar-refractivity contribution in [2.75, 3.05) is 24.7 Å². The molecule has 1 aromatic heterocycles. The van der Waals surface area contributed by atoms with Crippen LogP contribution in [0.15, 0.2) is 40.2 Å². The summed E-state index contributed by atoms with van der Waals surface area (Å²) in [7, 11) is -3.17. The number of hydrogen-bond donors (Lipinski definition) is 3. The number of thiol groups is 1. The number of amides is 2. The maximum atomic E-state index is 12.5. The maximum absolute atomic E-state index is 12.5. The first-order valence-electron chi connectivity index (χ1n) is 8.56. The summed E-state index contributed by atoms with van der Waals surface area (Å²) in [6.45, 7) is 0.663. The molecule has 12 nitrogen and oxygen atoms in total. The lowest BCUT2D eigenvalue weighted by Gasteiger charge is -2.13. The van der Waals surface area contributed by atoms with Crippen molar-refractivity contribution >= 4 is 57.1 Å². The molecule has 1 atom stereocenters. The lowest BCUT2D eigenvalue weighted by molar-refractivity contribution is -0.387. The SMILES string of the molecule is COc1cc(C(S)C2=NCCS2)nc(NC(=O)NS(=O)(=O)c2ccccc2[N+](=O)[O-])n1. The molecule has 1 aliphatic heterocycles. The van der Waals surface area contributed by atoms with Gasteiger partial charge in [0.15, 0.2) is 4.90 Å². The van der Waals surface area contributed by atoms with E-state index in [0.717, 1.165) is 22.9 Å². The van der Waals surface area contributed by atoms with E-state index < -0.39 is 36.8 Å². The molecule has 31 heavy (non-hydrogen) atoms. The van der Waals surface area contributed by atoms with Crippen LogP contribution >= 0.6 is 24.4 Å². The topological polar surface area (TPSA) is 166 Å². The monoisotopic (exact) mass is 484 g/mol. The summed E-state index contributed by atoms with van der Waals surface area (Å²) in [5.41, 5.74) is -0.282. The van der Waals surface area contributed by atoms with Crippen LogP contribution in [0, 0.1) is 10.1 Å². The molecule has 2 N–H and O–H groups in total. The van der Waals surface area contributed by atoms with Crippen molar-refractivity contribution in [2.45, 2.75) is 10.1 Å². The molecule has 0 aliphatic carbocycles. The van der Waals surface area contributed by atoms with Gasteiger partial charge in [-0.1, -0.05) is 12.1 Å². The van der Waals surface area contributed by atoms with Crippen molar-refractivity contribution in [1.29, 1.82) is 0 Å². The van der Waals surface area contributed by atoms with Crippen molar-refractivity contribution in [3.8, 4) is 5.88 Å². The number of hydrogen-bond acceptors (Lipinski definition) is 11. The molecular formula is C16H16N6O6S3. The van der Waals surface area contributed by atoms with Crippen molar-refractivity contribution < 1.29 is 22.9 Å². The van der Waals surface area contributed by atoms with Crippen LogP contribution in [-0.4, -0.2) is 53.8 Å². The fourth-order valence-corrected chi connectivity index (χ4v) is 4.90. The smallest absolute Gasteiger partial charge is 0.335 e. The van der Waals surface area contributed by atoms with Gasteiger partial charge in [0.25, 0.3) is 15.7 Å². The van der Waals surface area contributed by atoms with Crippen LogP contribution in [0.4, 0.5) is 16.4 Å². The molecule has 2 amide bonds. The van der Waals surface area contributed by atoms with Gasteiger partial charge in [0.1, 0.15) is 0 Å². The number of rotatable bonds is 7. The van der Waals surface area contributed by atoms with Crippen molar-refractivity contribution in [3.63, 3.8) is 0 Å². The van der Waals surface area contributed by atoms with Gasteiger partial charge >= 0.3 is 6.03 Å². The molecule has 0 radical (unpaired) electrons. The van der Waals surface area contributed by atoms with E-state index in [0.29, 0.717) is 12.2 Å². The second kappa shape index (κ2) is 9.49. The number of nitrogens with one attached hydrogen (secondary N) is 2. The highest BCUT2D eigenvalue weighted by atomic mass is 32.2. The number of nitro benzene ring substituents is 1. The Balaban J connectivity index is 1.81. The number of ether oxygens (including phenoxy) is 1. The predicted octanol–water partition coefficient (Wildman–Crippen LogP) is 2.02. The zero-order chi connectivity index (χ0) is 22.6. The number of nitrogens with zero attached hydrogens (tertiary/aromatic N) is 4. The number of anilines is 1. The number of benzene rings is 1. The van der Waals surface area contributed by atoms with Crippen LogP contribution in [0.1, 0.15) is 10.9 Å². The largest absolute Gasteiger partial charge is 0.481 e. The number of carbonyl (C=O) groups is 1. The summed E-state index contributed by atoms with van der Waals surface area (Å²) >= 11 is 6.03. The minimum Gasteiger partial charge on any atom is -0.481 e. The Morgan fingerprint density at radius 3 is 2.74 bits per heavy atom. The molecule has 0 saturated carbocycles. The van der Waals surface area contributed by atoms with Gasteiger partial charge in [-0.2, -0.15) is 17.6 Å². The summed E-state index contributed by atoms with van der Waals surface area (Å²) in [5.74, 6) is 0.697. The molecule has 3 rings (SSSR count). The molecule has 1 aromatic carbocycles. The van der Waals surface area contributed by atoms with E-state index in [1.54, 1.807) is 4.72 Å². The second-order valence-electron chi connectivity index (χ2n) is 5.91. The summed E-state index contributed by atoms with van der Waals surface area (Å²) in [4.78, 5) is 34.3. The normalized spacial score (nSPS) is 14.5. The lowest BCUT2D eigenvalue weighted by Crippen LogP contribution is -2.35. The quantitative estimate of drug-likeness (QED) is 0.303. The average Bonchev–Trinajstić information content (AvgIpc) is 3.27. The third-order valence-corrected chi connectivity index (χ3v) is 6.97. The highest BCUT2D eigenvalue weighted by Crippen LogP contribution is 2.31. The highest BCUT2D eigenvalue weighted by molar-refractivity contribution is 8.15. The molecule has 164 valence electrons. The molecule has 2 heterocycles. The third-order valence-electron chi connectivity index (χ3n) is 3.86. The predicted molar refractivity (Wildman–Crippen MR) is 118 cm³/mol. The van der Waals surface area contributed by atoms with Crippen LogP contribution in [0.2, 0.25) is 0 Å². The number of aliphatic imine (C=N–C) groups is 1. The Morgan fingerprint density at radius 2 is 2.10 bits per heavy atom. The lowest BCUT2D eigenvalue weighted by atomic mass is 10.3. The van der Waals surface area contributed by atoms with E-state index in [-0.39, 0.29) is 11.8 Å². The molecular weight excluding hydrogens is 468 g/mol. The van der Waals surface area contributed by atoms with Crippen molar-refractivity contribution in [3.05, 3.63) is 46.1 Å². The fourth-order valence-electron chi connectivity index (χ4n) is 2.53. The molecule has 0 spiro atoms. The fraction of sp³-hybridized carbons (Fsp3) is 0.250. The Bertz CT molecular complexity index is 1160. The van der Waals surface area contributed by atoms with E-state index >= 15 is 0 Å². The van der Waals surface area contributed by atoms with Crippen LogP contribution in [-0.2, 0) is 10.0 Å². The zero-order valence-corrected chi connectivity index (χ0v) is 18.4. The molecule has 1 unspecified atom stereocenters. The first kappa shape index (κ1) is 22.8. The van der Waals surface area contributed by atoms with E-state index in [1.165, 1.54) is 37.1 Å². The van der Waals surface area contributed by atoms with Gasteiger partial charge in [-0.25, -0.2) is 22.9 Å². The van der Waals surface area contributed by atoms with Gasteiger partial charge in [-0.05, 0) is 6.07 Å².